The van der Waals surface area contributed by atoms with Crippen LogP contribution in [0.1, 0.15) is 5.56 Å². The molecule has 0 unspecified atom stereocenters. The summed E-state index contributed by atoms with van der Waals surface area (Å²) in [6, 6.07) is 4.53. The molecule has 0 bridgehead atoms. The highest BCUT2D eigenvalue weighted by Crippen LogP contribution is 2.31. The fraction of sp³-hybridized carbons (Fsp3) is 0.200. The molecule has 4 nitrogen and oxygen atoms in total. The monoisotopic (exact) mass is 330 g/mol. The largest absolute Gasteiger partial charge is 0.506 e. The van der Waals surface area contributed by atoms with E-state index < -0.39 is 18.4 Å². The number of phenols is 1. The molecule has 2 aromatic carbocycles. The van der Waals surface area contributed by atoms with Crippen LogP contribution in [-0.4, -0.2) is 19.0 Å². The molecule has 0 aliphatic heterocycles. The van der Waals surface area contributed by atoms with Gasteiger partial charge in [0.2, 0.25) is 6.79 Å². The lowest BCUT2D eigenvalue weighted by Gasteiger charge is -2.12. The summed E-state index contributed by atoms with van der Waals surface area (Å²) in [7, 11) is 1.45. The molecule has 0 aliphatic rings. The fourth-order valence-corrected chi connectivity index (χ4v) is 1.90. The Morgan fingerprint density at radius 3 is 2.23 bits per heavy atom. The average Bonchev–Trinajstić information content (AvgIpc) is 2.46. The maximum Gasteiger partial charge on any atom is 0.231 e. The molecular weight excluding hydrogens is 318 g/mol. The van der Waals surface area contributed by atoms with Crippen molar-refractivity contribution < 1.29 is 28.1 Å². The van der Waals surface area contributed by atoms with E-state index in [1.54, 1.807) is 6.92 Å². The number of halogens is 3. The number of phenolic OH excluding ortho intramolecular Hbond substituents is 1. The van der Waals surface area contributed by atoms with Gasteiger partial charge in [-0.3, -0.25) is 0 Å². The molecule has 2 rings (SSSR count). The lowest BCUT2D eigenvalue weighted by molar-refractivity contribution is 0.110. The molecule has 0 saturated heterocycles. The van der Waals surface area contributed by atoms with E-state index in [1.165, 1.54) is 19.2 Å². The van der Waals surface area contributed by atoms with E-state index in [-0.39, 0.29) is 22.3 Å². The standard InChI is InChI=1S/C15H13ClF2O4/c1-8-3-10(17)15(6-13(8)20-2)22-7-21-14-5-12(19)9(16)4-11(14)18/h3-6,19H,7H2,1-2H3. The van der Waals surface area contributed by atoms with Crippen molar-refractivity contribution in [2.45, 2.75) is 6.92 Å². The van der Waals surface area contributed by atoms with Gasteiger partial charge in [0.05, 0.1) is 12.1 Å². The minimum atomic E-state index is -0.770. The van der Waals surface area contributed by atoms with Crippen LogP contribution in [0.2, 0.25) is 5.02 Å². The first-order valence-electron chi connectivity index (χ1n) is 6.20. The number of benzene rings is 2. The van der Waals surface area contributed by atoms with Gasteiger partial charge < -0.3 is 19.3 Å². The van der Waals surface area contributed by atoms with Gasteiger partial charge in [0.25, 0.3) is 0 Å². The minimum Gasteiger partial charge on any atom is -0.506 e. The first-order chi connectivity index (χ1) is 10.4. The van der Waals surface area contributed by atoms with Gasteiger partial charge in [0, 0.05) is 18.2 Å². The highest BCUT2D eigenvalue weighted by Gasteiger charge is 2.12. The molecule has 0 spiro atoms. The predicted molar refractivity (Wildman–Crippen MR) is 76.9 cm³/mol. The van der Waals surface area contributed by atoms with Crippen molar-refractivity contribution in [1.82, 2.24) is 0 Å². The molecule has 7 heteroatoms. The molecule has 0 fully saturated rings. The summed E-state index contributed by atoms with van der Waals surface area (Å²) >= 11 is 5.54. The van der Waals surface area contributed by atoms with Crippen molar-refractivity contribution >= 4 is 11.6 Å². The molecular formula is C15H13ClF2O4. The van der Waals surface area contributed by atoms with Crippen molar-refractivity contribution in [1.29, 1.82) is 0 Å². The maximum atomic E-state index is 13.7. The van der Waals surface area contributed by atoms with E-state index in [4.69, 9.17) is 25.8 Å². The van der Waals surface area contributed by atoms with Crippen LogP contribution in [0, 0.1) is 18.6 Å². The number of aryl methyl sites for hydroxylation is 1. The Labute approximate surface area is 130 Å². The summed E-state index contributed by atoms with van der Waals surface area (Å²) in [6.07, 6.45) is 0. The van der Waals surface area contributed by atoms with Gasteiger partial charge in [-0.2, -0.15) is 0 Å². The van der Waals surface area contributed by atoms with Gasteiger partial charge in [0.15, 0.2) is 23.1 Å². The van der Waals surface area contributed by atoms with E-state index in [1.807, 2.05) is 0 Å². The second kappa shape index (κ2) is 6.70. The molecule has 1 N–H and O–H groups in total. The van der Waals surface area contributed by atoms with Gasteiger partial charge in [-0.15, -0.1) is 0 Å². The second-order valence-electron chi connectivity index (χ2n) is 4.39. The smallest absolute Gasteiger partial charge is 0.231 e. The SMILES string of the molecule is COc1cc(OCOc2cc(O)c(Cl)cc2F)c(F)cc1C. The summed E-state index contributed by atoms with van der Waals surface area (Å²) in [5.74, 6) is -1.61. The molecule has 118 valence electrons. The van der Waals surface area contributed by atoms with Crippen molar-refractivity contribution in [3.63, 3.8) is 0 Å². The van der Waals surface area contributed by atoms with E-state index in [0.29, 0.717) is 11.3 Å². The molecule has 0 heterocycles. The Hall–Kier alpha value is -2.21. The zero-order valence-electron chi connectivity index (χ0n) is 11.8. The predicted octanol–water partition coefficient (Wildman–Crippen LogP) is 4.06. The van der Waals surface area contributed by atoms with Gasteiger partial charge in [0.1, 0.15) is 11.5 Å². The maximum absolute atomic E-state index is 13.7. The molecule has 0 amide bonds. The van der Waals surface area contributed by atoms with Crippen molar-refractivity contribution in [3.8, 4) is 23.0 Å². The number of ether oxygens (including phenoxy) is 3. The minimum absolute atomic E-state index is 0.0963. The van der Waals surface area contributed by atoms with Crippen molar-refractivity contribution in [3.05, 3.63) is 46.5 Å². The summed E-state index contributed by atoms with van der Waals surface area (Å²) in [5, 5.41) is 9.25. The van der Waals surface area contributed by atoms with Crippen LogP contribution in [0.3, 0.4) is 0 Å². The summed E-state index contributed by atoms with van der Waals surface area (Å²) in [4.78, 5) is 0. The molecule has 0 saturated carbocycles. The Kier molecular flexibility index (Phi) is 4.92. The van der Waals surface area contributed by atoms with E-state index >= 15 is 0 Å². The fourth-order valence-electron chi connectivity index (χ4n) is 1.75. The first kappa shape index (κ1) is 16.2. The van der Waals surface area contributed by atoms with Crippen LogP contribution in [0.4, 0.5) is 8.78 Å². The highest BCUT2D eigenvalue weighted by atomic mass is 35.5. The number of methoxy groups -OCH3 is 1. The third kappa shape index (κ3) is 3.51. The molecule has 0 aromatic heterocycles. The van der Waals surface area contributed by atoms with Crippen LogP contribution >= 0.6 is 11.6 Å². The van der Waals surface area contributed by atoms with Crippen LogP contribution in [0.15, 0.2) is 24.3 Å². The van der Waals surface area contributed by atoms with Crippen LogP contribution in [-0.2, 0) is 0 Å². The van der Waals surface area contributed by atoms with E-state index in [9.17, 15) is 13.9 Å². The van der Waals surface area contributed by atoms with Gasteiger partial charge in [-0.25, -0.2) is 8.78 Å². The number of hydrogen-bond acceptors (Lipinski definition) is 4. The summed E-state index contributed by atoms with van der Waals surface area (Å²) in [6.45, 7) is 1.23. The molecule has 0 radical (unpaired) electrons. The average molecular weight is 331 g/mol. The third-order valence-electron chi connectivity index (χ3n) is 2.88. The summed E-state index contributed by atoms with van der Waals surface area (Å²) < 4.78 is 42.4. The zero-order valence-corrected chi connectivity index (χ0v) is 12.6. The summed E-state index contributed by atoms with van der Waals surface area (Å²) in [5.41, 5.74) is 0.613. The Morgan fingerprint density at radius 1 is 1.00 bits per heavy atom. The number of hydrogen-bond donors (Lipinski definition) is 1. The third-order valence-corrected chi connectivity index (χ3v) is 3.18. The Balaban J connectivity index is 2.07. The Morgan fingerprint density at radius 2 is 1.59 bits per heavy atom. The first-order valence-corrected chi connectivity index (χ1v) is 6.58. The lowest BCUT2D eigenvalue weighted by Crippen LogP contribution is -2.08. The van der Waals surface area contributed by atoms with Gasteiger partial charge >= 0.3 is 0 Å². The number of rotatable bonds is 5. The molecule has 2 aromatic rings. The zero-order chi connectivity index (χ0) is 16.3. The quantitative estimate of drug-likeness (QED) is 0.840. The van der Waals surface area contributed by atoms with Gasteiger partial charge in [-0.05, 0) is 18.6 Å². The molecule has 0 atom stereocenters. The number of aromatic hydroxyl groups is 1. The molecule has 0 aliphatic carbocycles. The van der Waals surface area contributed by atoms with Crippen LogP contribution in [0.5, 0.6) is 23.0 Å². The lowest BCUT2D eigenvalue weighted by atomic mass is 10.2. The molecule has 22 heavy (non-hydrogen) atoms. The van der Waals surface area contributed by atoms with Crippen LogP contribution < -0.4 is 14.2 Å². The Bertz CT molecular complexity index is 692. The second-order valence-corrected chi connectivity index (χ2v) is 4.80. The van der Waals surface area contributed by atoms with Crippen molar-refractivity contribution in [2.75, 3.05) is 13.9 Å². The van der Waals surface area contributed by atoms with Crippen molar-refractivity contribution in [2.24, 2.45) is 0 Å². The normalized spacial score (nSPS) is 10.4. The van der Waals surface area contributed by atoms with E-state index in [2.05, 4.69) is 0 Å². The van der Waals surface area contributed by atoms with E-state index in [0.717, 1.165) is 12.1 Å². The van der Waals surface area contributed by atoms with Crippen LogP contribution in [0.25, 0.3) is 0 Å². The van der Waals surface area contributed by atoms with Gasteiger partial charge in [-0.1, -0.05) is 11.6 Å². The topological polar surface area (TPSA) is 47.9 Å². The highest BCUT2D eigenvalue weighted by molar-refractivity contribution is 6.32.